The van der Waals surface area contributed by atoms with Crippen molar-refractivity contribution in [1.82, 2.24) is 10.6 Å². The van der Waals surface area contributed by atoms with Crippen LogP contribution in [-0.4, -0.2) is 19.1 Å². The van der Waals surface area contributed by atoms with E-state index in [9.17, 15) is 8.78 Å². The molecule has 0 aliphatic heterocycles. The molecule has 2 N–H and O–H groups in total. The van der Waals surface area contributed by atoms with Crippen molar-refractivity contribution in [2.24, 2.45) is 4.99 Å². The van der Waals surface area contributed by atoms with Crippen LogP contribution in [-0.2, 0) is 13.1 Å². The Morgan fingerprint density at radius 3 is 2.50 bits per heavy atom. The van der Waals surface area contributed by atoms with Crippen LogP contribution in [0.5, 0.6) is 5.75 Å². The maximum absolute atomic E-state index is 13.9. The third kappa shape index (κ3) is 7.15. The first-order chi connectivity index (χ1) is 12.1. The summed E-state index contributed by atoms with van der Waals surface area (Å²) in [5.74, 6) is 0.164. The number of halogens is 3. The summed E-state index contributed by atoms with van der Waals surface area (Å²) in [6, 6.07) is 11.2. The van der Waals surface area contributed by atoms with E-state index in [1.165, 1.54) is 18.2 Å². The molecule has 0 aromatic heterocycles. The summed E-state index contributed by atoms with van der Waals surface area (Å²) in [5.41, 5.74) is 1.56. The first-order valence-corrected chi connectivity index (χ1v) is 8.30. The Morgan fingerprint density at radius 1 is 1.04 bits per heavy atom. The highest BCUT2D eigenvalue weighted by molar-refractivity contribution is 14.0. The van der Waals surface area contributed by atoms with Crippen LogP contribution in [0.1, 0.15) is 25.0 Å². The second-order valence-corrected chi connectivity index (χ2v) is 5.38. The van der Waals surface area contributed by atoms with E-state index in [1.54, 1.807) is 18.2 Å². The average Bonchev–Trinajstić information content (AvgIpc) is 2.60. The molecule has 2 aromatic carbocycles. The van der Waals surface area contributed by atoms with Crippen LogP contribution in [0.25, 0.3) is 0 Å². The maximum atomic E-state index is 13.9. The molecule has 26 heavy (non-hydrogen) atoms. The Morgan fingerprint density at radius 2 is 1.85 bits per heavy atom. The van der Waals surface area contributed by atoms with Gasteiger partial charge in [-0.15, -0.1) is 24.0 Å². The number of ether oxygens (including phenoxy) is 1. The molecule has 0 bridgehead atoms. The van der Waals surface area contributed by atoms with Gasteiger partial charge in [-0.1, -0.05) is 18.2 Å². The molecule has 0 aliphatic carbocycles. The monoisotopic (exact) mass is 475 g/mol. The number of hydrogen-bond donors (Lipinski definition) is 2. The van der Waals surface area contributed by atoms with Crippen molar-refractivity contribution >= 4 is 29.9 Å². The molecule has 0 aliphatic rings. The van der Waals surface area contributed by atoms with E-state index >= 15 is 0 Å². The van der Waals surface area contributed by atoms with Crippen molar-refractivity contribution in [2.45, 2.75) is 26.9 Å². The van der Waals surface area contributed by atoms with Crippen molar-refractivity contribution < 1.29 is 13.5 Å². The van der Waals surface area contributed by atoms with Gasteiger partial charge in [-0.3, -0.25) is 0 Å². The van der Waals surface area contributed by atoms with E-state index in [4.69, 9.17) is 4.74 Å². The molecule has 2 aromatic rings. The van der Waals surface area contributed by atoms with Gasteiger partial charge in [0, 0.05) is 13.1 Å². The van der Waals surface area contributed by atoms with E-state index in [0.717, 1.165) is 11.1 Å². The third-order valence-electron chi connectivity index (χ3n) is 3.41. The Bertz CT molecular complexity index is 726. The Labute approximate surface area is 170 Å². The molecule has 2 rings (SSSR count). The zero-order valence-corrected chi connectivity index (χ0v) is 17.2. The van der Waals surface area contributed by atoms with E-state index in [-0.39, 0.29) is 41.4 Å². The van der Waals surface area contributed by atoms with Gasteiger partial charge in [0.05, 0.1) is 13.2 Å². The molecule has 0 saturated carbocycles. The lowest BCUT2D eigenvalue weighted by molar-refractivity contribution is 0.321. The van der Waals surface area contributed by atoms with Crippen molar-refractivity contribution in [1.29, 1.82) is 0 Å². The maximum Gasteiger partial charge on any atom is 0.191 e. The Hall–Kier alpha value is -1.90. The smallest absolute Gasteiger partial charge is 0.191 e. The number of rotatable bonds is 7. The molecule has 0 amide bonds. The molecule has 142 valence electrons. The SMILES string of the molecule is CCNC(=NCc1cccc(F)c1)NCc1ccc(OCC)c(F)c1.I. The average molecular weight is 475 g/mol. The molecular formula is C19H24F2IN3O. The van der Waals surface area contributed by atoms with E-state index in [2.05, 4.69) is 15.6 Å². The highest BCUT2D eigenvalue weighted by Crippen LogP contribution is 2.18. The zero-order valence-electron chi connectivity index (χ0n) is 14.9. The summed E-state index contributed by atoms with van der Waals surface area (Å²) < 4.78 is 32.3. The first-order valence-electron chi connectivity index (χ1n) is 8.30. The number of hydrogen-bond acceptors (Lipinski definition) is 2. The molecule has 0 saturated heterocycles. The molecule has 7 heteroatoms. The van der Waals surface area contributed by atoms with Crippen molar-refractivity contribution in [3.63, 3.8) is 0 Å². The van der Waals surface area contributed by atoms with Crippen LogP contribution in [0.15, 0.2) is 47.5 Å². The molecule has 0 unspecified atom stereocenters. The largest absolute Gasteiger partial charge is 0.491 e. The predicted octanol–water partition coefficient (Wildman–Crippen LogP) is 4.24. The fourth-order valence-corrected chi connectivity index (χ4v) is 2.26. The lowest BCUT2D eigenvalue weighted by atomic mass is 10.2. The Kier molecular flexibility index (Phi) is 9.93. The first kappa shape index (κ1) is 22.1. The van der Waals surface area contributed by atoms with Gasteiger partial charge >= 0.3 is 0 Å². The number of nitrogens with one attached hydrogen (secondary N) is 2. The molecular weight excluding hydrogens is 451 g/mol. The minimum absolute atomic E-state index is 0. The number of guanidine groups is 1. The summed E-state index contributed by atoms with van der Waals surface area (Å²) >= 11 is 0. The lowest BCUT2D eigenvalue weighted by Gasteiger charge is -2.12. The zero-order chi connectivity index (χ0) is 18.1. The molecule has 0 heterocycles. The van der Waals surface area contributed by atoms with Crippen molar-refractivity contribution in [3.05, 3.63) is 65.2 Å². The van der Waals surface area contributed by atoms with E-state index < -0.39 is 0 Å². The second-order valence-electron chi connectivity index (χ2n) is 5.38. The topological polar surface area (TPSA) is 45.7 Å². The van der Waals surface area contributed by atoms with Gasteiger partial charge in [-0.05, 0) is 49.2 Å². The van der Waals surface area contributed by atoms with Crippen molar-refractivity contribution in [3.8, 4) is 5.75 Å². The second kappa shape index (κ2) is 11.7. The number of aliphatic imine (C=N–C) groups is 1. The van der Waals surface area contributed by atoms with Crippen LogP contribution in [0, 0.1) is 11.6 Å². The minimum Gasteiger partial charge on any atom is -0.491 e. The third-order valence-corrected chi connectivity index (χ3v) is 3.41. The van der Waals surface area contributed by atoms with E-state index in [1.807, 2.05) is 19.9 Å². The number of benzene rings is 2. The van der Waals surface area contributed by atoms with Gasteiger partial charge in [-0.25, -0.2) is 13.8 Å². The fraction of sp³-hybridized carbons (Fsp3) is 0.316. The summed E-state index contributed by atoms with van der Waals surface area (Å²) in [7, 11) is 0. The fourth-order valence-electron chi connectivity index (χ4n) is 2.26. The quantitative estimate of drug-likeness (QED) is 0.358. The van der Waals surface area contributed by atoms with Gasteiger partial charge < -0.3 is 15.4 Å². The van der Waals surface area contributed by atoms with Crippen LogP contribution in [0.3, 0.4) is 0 Å². The van der Waals surface area contributed by atoms with Gasteiger partial charge in [-0.2, -0.15) is 0 Å². The van der Waals surface area contributed by atoms with Gasteiger partial charge in [0.25, 0.3) is 0 Å². The van der Waals surface area contributed by atoms with Crippen LogP contribution in [0.2, 0.25) is 0 Å². The molecule has 0 radical (unpaired) electrons. The summed E-state index contributed by atoms with van der Waals surface area (Å²) in [5, 5.41) is 6.25. The lowest BCUT2D eigenvalue weighted by Crippen LogP contribution is -2.36. The molecule has 0 spiro atoms. The normalized spacial score (nSPS) is 10.8. The van der Waals surface area contributed by atoms with E-state index in [0.29, 0.717) is 32.2 Å². The van der Waals surface area contributed by atoms with Gasteiger partial charge in [0.1, 0.15) is 5.82 Å². The van der Waals surface area contributed by atoms with Gasteiger partial charge in [0.15, 0.2) is 17.5 Å². The summed E-state index contributed by atoms with van der Waals surface area (Å²) in [4.78, 5) is 4.42. The van der Waals surface area contributed by atoms with Crippen LogP contribution in [0.4, 0.5) is 8.78 Å². The van der Waals surface area contributed by atoms with Crippen LogP contribution >= 0.6 is 24.0 Å². The standard InChI is InChI=1S/C19H23F2N3O.HI/c1-3-22-19(23-12-14-6-5-7-16(20)10-14)24-13-15-8-9-18(25-4-2)17(21)11-15;/h5-11H,3-4,12-13H2,1-2H3,(H2,22,23,24);1H. The van der Waals surface area contributed by atoms with Crippen molar-refractivity contribution in [2.75, 3.05) is 13.2 Å². The minimum atomic E-state index is -0.386. The molecule has 0 atom stereocenters. The summed E-state index contributed by atoms with van der Waals surface area (Å²) in [6.07, 6.45) is 0. The molecule has 4 nitrogen and oxygen atoms in total. The summed E-state index contributed by atoms with van der Waals surface area (Å²) in [6.45, 7) is 5.64. The van der Waals surface area contributed by atoms with Gasteiger partial charge in [0.2, 0.25) is 0 Å². The van der Waals surface area contributed by atoms with Crippen LogP contribution < -0.4 is 15.4 Å². The predicted molar refractivity (Wildman–Crippen MR) is 111 cm³/mol. The highest BCUT2D eigenvalue weighted by atomic mass is 127. The highest BCUT2D eigenvalue weighted by Gasteiger charge is 2.05. The molecule has 0 fully saturated rings. The Balaban J connectivity index is 0.00000338. The number of nitrogens with zero attached hydrogens (tertiary/aromatic N) is 1.